The van der Waals surface area contributed by atoms with Gasteiger partial charge in [0.15, 0.2) is 0 Å². The normalized spacial score (nSPS) is 18.0. The highest BCUT2D eigenvalue weighted by molar-refractivity contribution is 6.32. The van der Waals surface area contributed by atoms with Crippen LogP contribution in [0.4, 0.5) is 10.5 Å². The number of halogens is 1. The largest absolute Gasteiger partial charge is 0.495 e. The van der Waals surface area contributed by atoms with E-state index in [1.807, 2.05) is 11.8 Å². The fourth-order valence-electron chi connectivity index (χ4n) is 2.38. The van der Waals surface area contributed by atoms with Crippen LogP contribution in [0.25, 0.3) is 0 Å². The van der Waals surface area contributed by atoms with Crippen LogP contribution in [0.15, 0.2) is 12.1 Å². The summed E-state index contributed by atoms with van der Waals surface area (Å²) in [5, 5.41) is 3.28. The van der Waals surface area contributed by atoms with Crippen molar-refractivity contribution >= 4 is 23.3 Å². The van der Waals surface area contributed by atoms with Crippen molar-refractivity contribution in [2.45, 2.75) is 25.8 Å². The second-order valence-corrected chi connectivity index (χ2v) is 5.21. The van der Waals surface area contributed by atoms with Crippen molar-refractivity contribution in [3.63, 3.8) is 0 Å². The van der Waals surface area contributed by atoms with Crippen LogP contribution in [0.1, 0.15) is 19.8 Å². The second-order valence-electron chi connectivity index (χ2n) is 4.80. The number of methoxy groups -OCH3 is 2. The van der Waals surface area contributed by atoms with Gasteiger partial charge in [0, 0.05) is 18.7 Å². The number of carbonyl (C=O) groups is 1. The van der Waals surface area contributed by atoms with E-state index in [1.54, 1.807) is 12.1 Å². The Balaban J connectivity index is 2.20. The number of likely N-dealkylation sites (tertiary alicyclic amines) is 1. The highest BCUT2D eigenvalue weighted by atomic mass is 35.5. The molecule has 0 bridgehead atoms. The summed E-state index contributed by atoms with van der Waals surface area (Å²) in [6, 6.07) is 3.42. The van der Waals surface area contributed by atoms with E-state index in [2.05, 4.69) is 5.32 Å². The highest BCUT2D eigenvalue weighted by Gasteiger charge is 2.25. The summed E-state index contributed by atoms with van der Waals surface area (Å²) < 4.78 is 10.4. The van der Waals surface area contributed by atoms with Gasteiger partial charge in [-0.05, 0) is 25.8 Å². The molecule has 1 heterocycles. The number of urea groups is 1. The second kappa shape index (κ2) is 6.22. The molecule has 2 rings (SSSR count). The van der Waals surface area contributed by atoms with Gasteiger partial charge < -0.3 is 19.7 Å². The molecule has 0 aliphatic carbocycles. The number of hydrogen-bond donors (Lipinski definition) is 1. The minimum absolute atomic E-state index is 0.130. The molecule has 1 aliphatic heterocycles. The first-order valence-electron chi connectivity index (χ1n) is 6.56. The molecule has 110 valence electrons. The Hall–Kier alpha value is -1.62. The number of ether oxygens (including phenoxy) is 2. The van der Waals surface area contributed by atoms with Gasteiger partial charge in [0.2, 0.25) is 0 Å². The van der Waals surface area contributed by atoms with E-state index in [1.165, 1.54) is 14.2 Å². The molecule has 6 heteroatoms. The van der Waals surface area contributed by atoms with Crippen LogP contribution in [0.3, 0.4) is 0 Å². The molecular formula is C14H19ClN2O3. The molecule has 0 radical (unpaired) electrons. The first-order valence-corrected chi connectivity index (χ1v) is 6.93. The van der Waals surface area contributed by atoms with Gasteiger partial charge in [0.25, 0.3) is 0 Å². The van der Waals surface area contributed by atoms with E-state index in [9.17, 15) is 4.79 Å². The van der Waals surface area contributed by atoms with Crippen molar-refractivity contribution in [2.75, 3.05) is 26.1 Å². The Labute approximate surface area is 123 Å². The number of anilines is 1. The van der Waals surface area contributed by atoms with Gasteiger partial charge in [-0.1, -0.05) is 11.6 Å². The SMILES string of the molecule is COc1cc(OC)c(NC(=O)N2CCCC2C)cc1Cl. The quantitative estimate of drug-likeness (QED) is 0.931. The lowest BCUT2D eigenvalue weighted by molar-refractivity contribution is 0.210. The lowest BCUT2D eigenvalue weighted by Gasteiger charge is -2.22. The van der Waals surface area contributed by atoms with Crippen molar-refractivity contribution in [1.29, 1.82) is 0 Å². The summed E-state index contributed by atoms with van der Waals surface area (Å²) in [4.78, 5) is 14.1. The predicted octanol–water partition coefficient (Wildman–Crippen LogP) is 3.37. The van der Waals surface area contributed by atoms with E-state index in [0.717, 1.165) is 19.4 Å². The molecule has 0 saturated carbocycles. The van der Waals surface area contributed by atoms with E-state index >= 15 is 0 Å². The molecule has 1 aliphatic rings. The fraction of sp³-hybridized carbons (Fsp3) is 0.500. The summed E-state index contributed by atoms with van der Waals surface area (Å²) in [6.45, 7) is 2.82. The van der Waals surface area contributed by atoms with Crippen LogP contribution >= 0.6 is 11.6 Å². The third kappa shape index (κ3) is 2.93. The zero-order valence-electron chi connectivity index (χ0n) is 11.9. The third-order valence-corrected chi connectivity index (χ3v) is 3.82. The number of nitrogens with one attached hydrogen (secondary N) is 1. The molecule has 1 fully saturated rings. The van der Waals surface area contributed by atoms with Gasteiger partial charge in [0.05, 0.1) is 24.9 Å². The molecule has 20 heavy (non-hydrogen) atoms. The molecule has 1 aromatic rings. The van der Waals surface area contributed by atoms with Crippen molar-refractivity contribution in [3.05, 3.63) is 17.2 Å². The maximum absolute atomic E-state index is 12.2. The lowest BCUT2D eigenvalue weighted by atomic mass is 10.2. The number of benzene rings is 1. The van der Waals surface area contributed by atoms with E-state index in [4.69, 9.17) is 21.1 Å². The Morgan fingerprint density at radius 3 is 2.60 bits per heavy atom. The zero-order valence-corrected chi connectivity index (χ0v) is 12.7. The number of rotatable bonds is 3. The van der Waals surface area contributed by atoms with Crippen LogP contribution < -0.4 is 14.8 Å². The van der Waals surface area contributed by atoms with Gasteiger partial charge >= 0.3 is 6.03 Å². The standard InChI is InChI=1S/C14H19ClN2O3/c1-9-5-4-6-17(9)14(18)16-11-7-10(15)12(19-2)8-13(11)20-3/h7-9H,4-6H2,1-3H3,(H,16,18). The highest BCUT2D eigenvalue weighted by Crippen LogP contribution is 2.36. The van der Waals surface area contributed by atoms with Crippen molar-refractivity contribution in [3.8, 4) is 11.5 Å². The first kappa shape index (κ1) is 14.8. The molecule has 0 aromatic heterocycles. The third-order valence-electron chi connectivity index (χ3n) is 3.53. The van der Waals surface area contributed by atoms with Crippen molar-refractivity contribution in [1.82, 2.24) is 4.90 Å². The van der Waals surface area contributed by atoms with E-state index in [0.29, 0.717) is 22.2 Å². The Bertz CT molecular complexity index is 507. The van der Waals surface area contributed by atoms with Crippen LogP contribution in [0, 0.1) is 0 Å². The monoisotopic (exact) mass is 298 g/mol. The number of hydrogen-bond acceptors (Lipinski definition) is 3. The molecule has 1 aromatic carbocycles. The molecule has 2 amide bonds. The minimum atomic E-state index is -0.130. The molecule has 0 spiro atoms. The van der Waals surface area contributed by atoms with Crippen molar-refractivity contribution < 1.29 is 14.3 Å². The van der Waals surface area contributed by atoms with Gasteiger partial charge in [-0.2, -0.15) is 0 Å². The molecule has 5 nitrogen and oxygen atoms in total. The average molecular weight is 299 g/mol. The van der Waals surface area contributed by atoms with Gasteiger partial charge in [-0.25, -0.2) is 4.79 Å². The molecule has 1 saturated heterocycles. The first-order chi connectivity index (χ1) is 9.56. The topological polar surface area (TPSA) is 50.8 Å². The number of amides is 2. The molecule has 1 unspecified atom stereocenters. The summed E-state index contributed by atoms with van der Waals surface area (Å²) >= 11 is 6.08. The Kier molecular flexibility index (Phi) is 4.60. The minimum Gasteiger partial charge on any atom is -0.495 e. The van der Waals surface area contributed by atoms with Gasteiger partial charge in [-0.15, -0.1) is 0 Å². The zero-order chi connectivity index (χ0) is 14.7. The van der Waals surface area contributed by atoms with E-state index in [-0.39, 0.29) is 12.1 Å². The Morgan fingerprint density at radius 1 is 1.35 bits per heavy atom. The number of carbonyl (C=O) groups excluding carboxylic acids is 1. The van der Waals surface area contributed by atoms with Crippen LogP contribution in [-0.2, 0) is 0 Å². The maximum atomic E-state index is 12.2. The van der Waals surface area contributed by atoms with Crippen molar-refractivity contribution in [2.24, 2.45) is 0 Å². The number of nitrogens with zero attached hydrogens (tertiary/aromatic N) is 1. The molecule has 1 atom stereocenters. The summed E-state index contributed by atoms with van der Waals surface area (Å²) in [5.41, 5.74) is 0.544. The fourth-order valence-corrected chi connectivity index (χ4v) is 2.62. The summed E-state index contributed by atoms with van der Waals surface area (Å²) in [5.74, 6) is 1.03. The van der Waals surface area contributed by atoms with Crippen LogP contribution in [0.5, 0.6) is 11.5 Å². The summed E-state index contributed by atoms with van der Waals surface area (Å²) in [6.07, 6.45) is 2.07. The lowest BCUT2D eigenvalue weighted by Crippen LogP contribution is -2.37. The van der Waals surface area contributed by atoms with Crippen LogP contribution in [-0.4, -0.2) is 37.7 Å². The molecular weight excluding hydrogens is 280 g/mol. The van der Waals surface area contributed by atoms with E-state index < -0.39 is 0 Å². The average Bonchev–Trinajstić information content (AvgIpc) is 2.85. The van der Waals surface area contributed by atoms with Gasteiger partial charge in [0.1, 0.15) is 11.5 Å². The predicted molar refractivity (Wildman–Crippen MR) is 79.0 cm³/mol. The van der Waals surface area contributed by atoms with Crippen LogP contribution in [0.2, 0.25) is 5.02 Å². The Morgan fingerprint density at radius 2 is 2.05 bits per heavy atom. The summed E-state index contributed by atoms with van der Waals surface area (Å²) in [7, 11) is 3.07. The molecule has 1 N–H and O–H groups in total. The van der Waals surface area contributed by atoms with Gasteiger partial charge in [-0.3, -0.25) is 0 Å². The smallest absolute Gasteiger partial charge is 0.322 e. The maximum Gasteiger partial charge on any atom is 0.322 e.